The number of hydrogen-bond donors (Lipinski definition) is 2. The van der Waals surface area contributed by atoms with Crippen molar-refractivity contribution < 1.29 is 9.50 Å². The molecule has 17 heavy (non-hydrogen) atoms. The summed E-state index contributed by atoms with van der Waals surface area (Å²) in [5.41, 5.74) is 0.670. The fourth-order valence-corrected chi connectivity index (χ4v) is 2.26. The number of β-amino-alcohol motifs (C(OH)–C–C–N with tert-alkyl or cyclic N) is 1. The minimum atomic E-state index is -0.431. The van der Waals surface area contributed by atoms with Gasteiger partial charge in [0.2, 0.25) is 0 Å². The van der Waals surface area contributed by atoms with Crippen LogP contribution >= 0.6 is 0 Å². The Morgan fingerprint density at radius 1 is 1.47 bits per heavy atom. The third kappa shape index (κ3) is 2.76. The first-order valence-electron chi connectivity index (χ1n) is 5.91. The molecule has 4 heteroatoms. The van der Waals surface area contributed by atoms with Crippen molar-refractivity contribution in [3.05, 3.63) is 30.1 Å². The van der Waals surface area contributed by atoms with Crippen LogP contribution in [0.1, 0.15) is 13.8 Å². The summed E-state index contributed by atoms with van der Waals surface area (Å²) in [6, 6.07) is 6.52. The Bertz CT molecular complexity index is 395. The third-order valence-corrected chi connectivity index (χ3v) is 3.18. The quantitative estimate of drug-likeness (QED) is 0.776. The van der Waals surface area contributed by atoms with Crippen LogP contribution in [-0.4, -0.2) is 36.4 Å². The van der Waals surface area contributed by atoms with E-state index in [9.17, 15) is 9.50 Å². The van der Waals surface area contributed by atoms with E-state index in [0.29, 0.717) is 13.1 Å². The minimum Gasteiger partial charge on any atom is -0.390 e. The Morgan fingerprint density at radius 3 is 2.94 bits per heavy atom. The highest BCUT2D eigenvalue weighted by atomic mass is 19.1. The van der Waals surface area contributed by atoms with Gasteiger partial charge in [-0.25, -0.2) is 4.39 Å². The zero-order valence-corrected chi connectivity index (χ0v) is 10.3. The molecule has 0 saturated carbocycles. The van der Waals surface area contributed by atoms with Crippen LogP contribution in [0.3, 0.4) is 0 Å². The number of anilines is 1. The van der Waals surface area contributed by atoms with Gasteiger partial charge >= 0.3 is 0 Å². The van der Waals surface area contributed by atoms with Crippen LogP contribution in [0.5, 0.6) is 0 Å². The Labute approximate surface area is 101 Å². The van der Waals surface area contributed by atoms with Gasteiger partial charge in [-0.2, -0.15) is 0 Å². The molecule has 3 nitrogen and oxygen atoms in total. The molecule has 1 fully saturated rings. The van der Waals surface area contributed by atoms with Crippen molar-refractivity contribution in [2.45, 2.75) is 25.5 Å². The van der Waals surface area contributed by atoms with Gasteiger partial charge in [-0.05, 0) is 32.0 Å². The minimum absolute atomic E-state index is 0.148. The Morgan fingerprint density at radius 2 is 2.24 bits per heavy atom. The van der Waals surface area contributed by atoms with Gasteiger partial charge in [0, 0.05) is 30.9 Å². The lowest BCUT2D eigenvalue weighted by Gasteiger charge is -2.39. The molecule has 1 aliphatic heterocycles. The lowest BCUT2D eigenvalue weighted by molar-refractivity contribution is 0.183. The molecule has 2 N–H and O–H groups in total. The molecule has 1 atom stereocenters. The van der Waals surface area contributed by atoms with Crippen LogP contribution in [0.25, 0.3) is 0 Å². The van der Waals surface area contributed by atoms with Crippen LogP contribution in [-0.2, 0) is 0 Å². The summed E-state index contributed by atoms with van der Waals surface area (Å²) >= 11 is 0. The lowest BCUT2D eigenvalue weighted by Crippen LogP contribution is -2.49. The number of aliphatic hydroxyl groups is 1. The van der Waals surface area contributed by atoms with Crippen molar-refractivity contribution in [2.24, 2.45) is 0 Å². The van der Waals surface area contributed by atoms with Gasteiger partial charge in [0.25, 0.3) is 0 Å². The summed E-state index contributed by atoms with van der Waals surface area (Å²) in [6.07, 6.45) is -0.431. The maximum atomic E-state index is 13.3. The summed E-state index contributed by atoms with van der Waals surface area (Å²) in [5, 5.41) is 13.0. The number of hydrogen-bond acceptors (Lipinski definition) is 3. The molecule has 0 radical (unpaired) electrons. The van der Waals surface area contributed by atoms with Gasteiger partial charge in [0.15, 0.2) is 0 Å². The van der Waals surface area contributed by atoms with Crippen LogP contribution in [0, 0.1) is 5.82 Å². The second kappa shape index (κ2) is 4.63. The Balaban J connectivity index is 2.32. The third-order valence-electron chi connectivity index (χ3n) is 3.18. The molecule has 1 aromatic rings. The zero-order valence-electron chi connectivity index (χ0n) is 10.3. The molecular formula is C13H19FN2O. The molecule has 1 aliphatic rings. The van der Waals surface area contributed by atoms with Gasteiger partial charge in [0.05, 0.1) is 6.10 Å². The van der Waals surface area contributed by atoms with Crippen molar-refractivity contribution >= 4 is 5.69 Å². The van der Waals surface area contributed by atoms with Crippen molar-refractivity contribution in [3.63, 3.8) is 0 Å². The summed E-state index contributed by atoms with van der Waals surface area (Å²) in [4.78, 5) is 2.06. The highest BCUT2D eigenvalue weighted by Gasteiger charge is 2.31. The summed E-state index contributed by atoms with van der Waals surface area (Å²) in [6.45, 7) is 6.03. The smallest absolute Gasteiger partial charge is 0.125 e. The maximum Gasteiger partial charge on any atom is 0.125 e. The summed E-state index contributed by atoms with van der Waals surface area (Å²) in [5.74, 6) is -0.245. The number of nitrogens with zero attached hydrogens (tertiary/aromatic N) is 1. The first kappa shape index (κ1) is 12.3. The van der Waals surface area contributed by atoms with Crippen LogP contribution < -0.4 is 10.2 Å². The largest absolute Gasteiger partial charge is 0.390 e. The van der Waals surface area contributed by atoms with Crippen LogP contribution in [0.4, 0.5) is 10.1 Å². The van der Waals surface area contributed by atoms with Crippen molar-refractivity contribution in [2.75, 3.05) is 24.5 Å². The van der Waals surface area contributed by atoms with E-state index in [-0.39, 0.29) is 11.4 Å². The number of benzene rings is 1. The molecule has 1 unspecified atom stereocenters. The normalized spacial score (nSPS) is 24.5. The monoisotopic (exact) mass is 238 g/mol. The number of nitrogens with one attached hydrogen (secondary N) is 1. The highest BCUT2D eigenvalue weighted by molar-refractivity contribution is 5.49. The number of rotatable bonds is 1. The Hall–Kier alpha value is -1.13. The average Bonchev–Trinajstić information content (AvgIpc) is 2.37. The van der Waals surface area contributed by atoms with E-state index in [1.807, 2.05) is 6.07 Å². The zero-order chi connectivity index (χ0) is 12.5. The molecule has 1 saturated heterocycles. The molecule has 1 heterocycles. The van der Waals surface area contributed by atoms with Crippen LogP contribution in [0.15, 0.2) is 24.3 Å². The SMILES string of the molecule is CC1(C)CNCC(O)CN1c1cccc(F)c1. The topological polar surface area (TPSA) is 35.5 Å². The van der Waals surface area contributed by atoms with E-state index in [2.05, 4.69) is 24.1 Å². The van der Waals surface area contributed by atoms with Crippen molar-refractivity contribution in [1.82, 2.24) is 5.32 Å². The molecular weight excluding hydrogens is 219 g/mol. The van der Waals surface area contributed by atoms with Gasteiger partial charge in [-0.3, -0.25) is 0 Å². The molecule has 0 spiro atoms. The van der Waals surface area contributed by atoms with E-state index < -0.39 is 6.10 Å². The highest BCUT2D eigenvalue weighted by Crippen LogP contribution is 2.25. The van der Waals surface area contributed by atoms with E-state index in [1.54, 1.807) is 6.07 Å². The van der Waals surface area contributed by atoms with Crippen molar-refractivity contribution in [1.29, 1.82) is 0 Å². The first-order valence-corrected chi connectivity index (χ1v) is 5.91. The van der Waals surface area contributed by atoms with Gasteiger partial charge in [-0.15, -0.1) is 0 Å². The van der Waals surface area contributed by atoms with Gasteiger partial charge < -0.3 is 15.3 Å². The summed E-state index contributed by atoms with van der Waals surface area (Å²) < 4.78 is 13.3. The van der Waals surface area contributed by atoms with Gasteiger partial charge in [-0.1, -0.05) is 6.07 Å². The second-order valence-corrected chi connectivity index (χ2v) is 5.19. The second-order valence-electron chi connectivity index (χ2n) is 5.19. The molecule has 0 aromatic heterocycles. The van der Waals surface area contributed by atoms with E-state index in [0.717, 1.165) is 12.2 Å². The average molecular weight is 238 g/mol. The fourth-order valence-electron chi connectivity index (χ4n) is 2.26. The molecule has 0 bridgehead atoms. The molecule has 2 rings (SSSR count). The fraction of sp³-hybridized carbons (Fsp3) is 0.538. The van der Waals surface area contributed by atoms with Crippen LogP contribution in [0.2, 0.25) is 0 Å². The Kier molecular flexibility index (Phi) is 3.35. The number of aliphatic hydroxyl groups excluding tert-OH is 1. The predicted octanol–water partition coefficient (Wildman–Crippen LogP) is 1.37. The van der Waals surface area contributed by atoms with E-state index in [4.69, 9.17) is 0 Å². The van der Waals surface area contributed by atoms with Gasteiger partial charge in [0.1, 0.15) is 5.82 Å². The first-order chi connectivity index (χ1) is 7.99. The number of halogens is 1. The molecule has 0 amide bonds. The lowest BCUT2D eigenvalue weighted by atomic mass is 10.0. The van der Waals surface area contributed by atoms with E-state index in [1.165, 1.54) is 12.1 Å². The van der Waals surface area contributed by atoms with Crippen molar-refractivity contribution in [3.8, 4) is 0 Å². The maximum absolute atomic E-state index is 13.3. The standard InChI is InChI=1S/C13H19FN2O/c1-13(2)9-15-7-12(17)8-16(13)11-5-3-4-10(14)6-11/h3-6,12,15,17H,7-9H2,1-2H3. The van der Waals surface area contributed by atoms with E-state index >= 15 is 0 Å². The molecule has 1 aromatic carbocycles. The molecule has 0 aliphatic carbocycles. The molecule has 94 valence electrons. The predicted molar refractivity (Wildman–Crippen MR) is 66.7 cm³/mol. The summed E-state index contributed by atoms with van der Waals surface area (Å²) in [7, 11) is 0.